The van der Waals surface area contributed by atoms with Crippen molar-refractivity contribution in [2.75, 3.05) is 39.4 Å². The summed E-state index contributed by atoms with van der Waals surface area (Å²) >= 11 is 0. The molecule has 0 atom stereocenters. The number of nitrogens with one attached hydrogen (secondary N) is 2. The lowest BCUT2D eigenvalue weighted by Crippen LogP contribution is -2.30. The Morgan fingerprint density at radius 2 is 1.50 bits per heavy atom. The predicted molar refractivity (Wildman–Crippen MR) is 66.2 cm³/mol. The molecule has 0 aromatic rings. The molecule has 0 aromatic carbocycles. The summed E-state index contributed by atoms with van der Waals surface area (Å²) in [5.41, 5.74) is 0. The predicted octanol–water partition coefficient (Wildman–Crippen LogP) is 1.14. The van der Waals surface area contributed by atoms with Crippen LogP contribution in [0.2, 0.25) is 0 Å². The number of hydrogen-bond donors (Lipinski definition) is 2. The van der Waals surface area contributed by atoms with Gasteiger partial charge in [-0.05, 0) is 25.9 Å². The van der Waals surface area contributed by atoms with Crippen molar-refractivity contribution in [3.8, 4) is 6.07 Å². The van der Waals surface area contributed by atoms with E-state index in [9.17, 15) is 0 Å². The first-order chi connectivity index (χ1) is 7.93. The zero-order valence-corrected chi connectivity index (χ0v) is 10.6. The zero-order chi connectivity index (χ0) is 12.1. The van der Waals surface area contributed by atoms with Crippen LogP contribution < -0.4 is 10.6 Å². The van der Waals surface area contributed by atoms with E-state index in [1.807, 2.05) is 13.8 Å². The van der Waals surface area contributed by atoms with Gasteiger partial charge in [-0.25, -0.2) is 0 Å². The molecular weight excluding hydrogens is 202 g/mol. The molecule has 2 aliphatic heterocycles. The van der Waals surface area contributed by atoms with E-state index in [4.69, 9.17) is 10.00 Å². The van der Waals surface area contributed by atoms with Crippen LogP contribution in [0.3, 0.4) is 0 Å². The summed E-state index contributed by atoms with van der Waals surface area (Å²) in [6.45, 7) is 9.89. The van der Waals surface area contributed by atoms with Gasteiger partial charge in [-0.2, -0.15) is 5.26 Å². The molecule has 0 saturated carbocycles. The number of piperidine rings is 1. The van der Waals surface area contributed by atoms with Gasteiger partial charge < -0.3 is 15.4 Å². The van der Waals surface area contributed by atoms with Crippen molar-refractivity contribution >= 4 is 0 Å². The summed E-state index contributed by atoms with van der Waals surface area (Å²) in [5, 5.41) is 14.8. The largest absolute Gasteiger partial charge is 0.379 e. The minimum Gasteiger partial charge on any atom is -0.379 e. The Morgan fingerprint density at radius 1 is 1.00 bits per heavy atom. The lowest BCUT2D eigenvalue weighted by Gasteiger charge is -2.15. The molecule has 16 heavy (non-hydrogen) atoms. The molecule has 2 rings (SSSR count). The minimum absolute atomic E-state index is 0.330. The molecule has 2 fully saturated rings. The highest BCUT2D eigenvalue weighted by Gasteiger charge is 2.10. The Labute approximate surface area is 99.4 Å². The van der Waals surface area contributed by atoms with Gasteiger partial charge in [0.1, 0.15) is 0 Å². The van der Waals surface area contributed by atoms with E-state index in [0.717, 1.165) is 52.2 Å². The van der Waals surface area contributed by atoms with Crippen molar-refractivity contribution in [1.82, 2.24) is 10.6 Å². The monoisotopic (exact) mass is 227 g/mol. The quantitative estimate of drug-likeness (QED) is 0.651. The normalized spacial score (nSPS) is 20.6. The molecule has 2 heterocycles. The maximum absolute atomic E-state index is 8.41. The SMILES string of the molecule is C1COCCN1.CC.N#CC1CCNCC1. The van der Waals surface area contributed by atoms with E-state index >= 15 is 0 Å². The molecule has 0 unspecified atom stereocenters. The molecule has 4 nitrogen and oxygen atoms in total. The van der Waals surface area contributed by atoms with Crippen LogP contribution >= 0.6 is 0 Å². The molecule has 94 valence electrons. The van der Waals surface area contributed by atoms with Crippen molar-refractivity contribution in [3.05, 3.63) is 0 Å². The van der Waals surface area contributed by atoms with Crippen LogP contribution in [0.5, 0.6) is 0 Å². The number of morpholine rings is 1. The second-order valence-corrected chi connectivity index (χ2v) is 3.52. The number of nitrogens with zero attached hydrogens (tertiary/aromatic N) is 1. The van der Waals surface area contributed by atoms with Crippen LogP contribution in [0.25, 0.3) is 0 Å². The fourth-order valence-corrected chi connectivity index (χ4v) is 1.47. The fraction of sp³-hybridized carbons (Fsp3) is 0.917. The highest BCUT2D eigenvalue weighted by atomic mass is 16.5. The van der Waals surface area contributed by atoms with Gasteiger partial charge in [-0.15, -0.1) is 0 Å². The summed E-state index contributed by atoms with van der Waals surface area (Å²) in [5.74, 6) is 0.330. The smallest absolute Gasteiger partial charge is 0.0656 e. The van der Waals surface area contributed by atoms with Crippen LogP contribution in [0, 0.1) is 17.2 Å². The highest BCUT2D eigenvalue weighted by molar-refractivity contribution is 4.85. The lowest BCUT2D eigenvalue weighted by atomic mass is 10.0. The summed E-state index contributed by atoms with van der Waals surface area (Å²) in [6.07, 6.45) is 2.08. The van der Waals surface area contributed by atoms with E-state index in [1.54, 1.807) is 0 Å². The van der Waals surface area contributed by atoms with Crippen LogP contribution in [0.1, 0.15) is 26.7 Å². The van der Waals surface area contributed by atoms with Crippen molar-refractivity contribution < 1.29 is 4.74 Å². The van der Waals surface area contributed by atoms with Gasteiger partial charge in [-0.1, -0.05) is 13.8 Å². The first-order valence-corrected chi connectivity index (χ1v) is 6.32. The van der Waals surface area contributed by atoms with E-state index < -0.39 is 0 Å². The summed E-state index contributed by atoms with van der Waals surface area (Å²) in [6, 6.07) is 2.26. The average Bonchev–Trinajstić information content (AvgIpc) is 2.44. The highest BCUT2D eigenvalue weighted by Crippen LogP contribution is 2.08. The summed E-state index contributed by atoms with van der Waals surface area (Å²) < 4.78 is 5.01. The first kappa shape index (κ1) is 15.4. The van der Waals surface area contributed by atoms with E-state index in [2.05, 4.69) is 16.7 Å². The molecule has 4 heteroatoms. The Hall–Kier alpha value is -0.630. The molecule has 2 N–H and O–H groups in total. The van der Waals surface area contributed by atoms with Crippen molar-refractivity contribution in [2.45, 2.75) is 26.7 Å². The number of nitriles is 1. The second-order valence-electron chi connectivity index (χ2n) is 3.52. The van der Waals surface area contributed by atoms with Gasteiger partial charge in [0.2, 0.25) is 0 Å². The van der Waals surface area contributed by atoms with E-state index in [0.29, 0.717) is 5.92 Å². The lowest BCUT2D eigenvalue weighted by molar-refractivity contribution is 0.109. The van der Waals surface area contributed by atoms with Crippen molar-refractivity contribution in [2.24, 2.45) is 5.92 Å². The molecule has 2 saturated heterocycles. The van der Waals surface area contributed by atoms with Gasteiger partial charge in [0, 0.05) is 19.0 Å². The number of hydrogen-bond acceptors (Lipinski definition) is 4. The Bertz CT molecular complexity index is 158. The maximum atomic E-state index is 8.41. The fourth-order valence-electron chi connectivity index (χ4n) is 1.47. The third kappa shape index (κ3) is 8.66. The van der Waals surface area contributed by atoms with E-state index in [1.165, 1.54) is 0 Å². The Balaban J connectivity index is 0.000000251. The third-order valence-corrected chi connectivity index (χ3v) is 2.37. The zero-order valence-electron chi connectivity index (χ0n) is 10.6. The molecule has 0 amide bonds. The van der Waals surface area contributed by atoms with Gasteiger partial charge in [-0.3, -0.25) is 0 Å². The number of rotatable bonds is 0. The van der Waals surface area contributed by atoms with Gasteiger partial charge in [0.15, 0.2) is 0 Å². The summed E-state index contributed by atoms with van der Waals surface area (Å²) in [4.78, 5) is 0. The molecular formula is C12H25N3O. The summed E-state index contributed by atoms with van der Waals surface area (Å²) in [7, 11) is 0. The minimum atomic E-state index is 0.330. The standard InChI is InChI=1S/C6H10N2.C4H9NO.C2H6/c7-5-6-1-3-8-4-2-6;1-3-6-4-2-5-1;1-2/h6,8H,1-4H2;5H,1-4H2;1-2H3. The maximum Gasteiger partial charge on any atom is 0.0656 e. The molecule has 0 aliphatic carbocycles. The van der Waals surface area contributed by atoms with Crippen LogP contribution in [-0.4, -0.2) is 39.4 Å². The average molecular weight is 227 g/mol. The molecule has 0 bridgehead atoms. The molecule has 0 radical (unpaired) electrons. The second kappa shape index (κ2) is 12.4. The van der Waals surface area contributed by atoms with Gasteiger partial charge in [0.25, 0.3) is 0 Å². The third-order valence-electron chi connectivity index (χ3n) is 2.37. The van der Waals surface area contributed by atoms with E-state index in [-0.39, 0.29) is 0 Å². The molecule has 0 aromatic heterocycles. The van der Waals surface area contributed by atoms with Crippen molar-refractivity contribution in [1.29, 1.82) is 5.26 Å². The van der Waals surface area contributed by atoms with Crippen LogP contribution in [-0.2, 0) is 4.74 Å². The van der Waals surface area contributed by atoms with Gasteiger partial charge >= 0.3 is 0 Å². The van der Waals surface area contributed by atoms with Gasteiger partial charge in [0.05, 0.1) is 19.3 Å². The van der Waals surface area contributed by atoms with Crippen molar-refractivity contribution in [3.63, 3.8) is 0 Å². The van der Waals surface area contributed by atoms with Crippen LogP contribution in [0.4, 0.5) is 0 Å². The number of ether oxygens (including phenoxy) is 1. The Kier molecular flexibility index (Phi) is 11.9. The topological polar surface area (TPSA) is 57.1 Å². The van der Waals surface area contributed by atoms with Crippen LogP contribution in [0.15, 0.2) is 0 Å². The molecule has 0 spiro atoms. The first-order valence-electron chi connectivity index (χ1n) is 6.32. The Morgan fingerprint density at radius 3 is 1.75 bits per heavy atom. The molecule has 2 aliphatic rings.